The smallest absolute Gasteiger partial charge is 0.186 e. The average Bonchev–Trinajstić information content (AvgIpc) is 2.90. The minimum atomic E-state index is -0.737. The third-order valence-corrected chi connectivity index (χ3v) is 6.88. The van der Waals surface area contributed by atoms with Gasteiger partial charge in [0, 0.05) is 33.4 Å². The topological polar surface area (TPSA) is 64.3 Å². The lowest BCUT2D eigenvalue weighted by molar-refractivity contribution is 0.0888. The molecule has 2 bridgehead atoms. The summed E-state index contributed by atoms with van der Waals surface area (Å²) in [6, 6.07) is 3.65. The van der Waals surface area contributed by atoms with Gasteiger partial charge in [0.1, 0.15) is 5.69 Å². The molecule has 0 N–H and O–H groups in total. The Morgan fingerprint density at radius 3 is 2.81 bits per heavy atom. The van der Waals surface area contributed by atoms with Crippen molar-refractivity contribution in [1.29, 1.82) is 0 Å². The lowest BCUT2D eigenvalue weighted by atomic mass is 9.86. The molecule has 0 radical (unpaired) electrons. The van der Waals surface area contributed by atoms with Crippen molar-refractivity contribution in [1.82, 2.24) is 14.6 Å². The molecule has 4 heterocycles. The highest BCUT2D eigenvalue weighted by Crippen LogP contribution is 2.38. The summed E-state index contributed by atoms with van der Waals surface area (Å²) >= 11 is 0. The van der Waals surface area contributed by atoms with E-state index in [-0.39, 0.29) is 22.2 Å². The second-order valence-corrected chi connectivity index (χ2v) is 7.96. The molecular formula is C15H17N3O2S. The molecule has 0 spiro atoms. The highest BCUT2D eigenvalue weighted by Gasteiger charge is 2.41. The highest BCUT2D eigenvalue weighted by molar-refractivity contribution is 7.86. The second kappa shape index (κ2) is 5.02. The normalized spacial score (nSPS) is 32.2. The molecule has 0 aromatic carbocycles. The van der Waals surface area contributed by atoms with Crippen LogP contribution in [0.2, 0.25) is 0 Å². The van der Waals surface area contributed by atoms with Gasteiger partial charge in [0.25, 0.3) is 0 Å². The monoisotopic (exact) mass is 303 g/mol. The lowest BCUT2D eigenvalue weighted by Crippen LogP contribution is -2.41. The number of rotatable bonds is 2. The molecule has 2 aromatic rings. The van der Waals surface area contributed by atoms with Crippen LogP contribution in [0.4, 0.5) is 0 Å². The van der Waals surface area contributed by atoms with Crippen LogP contribution in [0.1, 0.15) is 42.6 Å². The lowest BCUT2D eigenvalue weighted by Gasteiger charge is -2.37. The van der Waals surface area contributed by atoms with Gasteiger partial charge in [0.2, 0.25) is 0 Å². The minimum absolute atomic E-state index is 0.0279. The maximum absolute atomic E-state index is 12.8. The molecule has 0 saturated carbocycles. The maximum atomic E-state index is 12.8. The molecule has 0 amide bonds. The Morgan fingerprint density at radius 2 is 2.05 bits per heavy atom. The molecule has 2 aliphatic rings. The zero-order chi connectivity index (χ0) is 14.4. The van der Waals surface area contributed by atoms with E-state index < -0.39 is 10.8 Å². The van der Waals surface area contributed by atoms with Gasteiger partial charge in [-0.2, -0.15) is 5.10 Å². The molecule has 2 atom stereocenters. The number of carbonyl (C=O) groups is 1. The molecule has 5 nitrogen and oxygen atoms in total. The maximum Gasteiger partial charge on any atom is 0.186 e. The Morgan fingerprint density at radius 1 is 1.29 bits per heavy atom. The van der Waals surface area contributed by atoms with Crippen molar-refractivity contribution in [2.75, 3.05) is 0 Å². The standard InChI is InChI=1S/C15H17N3O2S/c19-15(13-9-16-14-5-2-6-17-18(13)14)10-7-11-3-1-4-12(8-10)21(11)20/h2,5-6,9-12H,1,3-4,7-8H2. The number of nitrogens with zero attached hydrogens (tertiary/aromatic N) is 3. The Labute approximate surface area is 125 Å². The number of carbonyl (C=O) groups excluding carboxylic acids is 1. The van der Waals surface area contributed by atoms with Crippen LogP contribution in [0.5, 0.6) is 0 Å². The van der Waals surface area contributed by atoms with Crippen molar-refractivity contribution in [3.05, 3.63) is 30.2 Å². The van der Waals surface area contributed by atoms with Crippen LogP contribution in [0, 0.1) is 5.92 Å². The number of ketones is 1. The average molecular weight is 303 g/mol. The van der Waals surface area contributed by atoms with Crippen molar-refractivity contribution < 1.29 is 9.00 Å². The van der Waals surface area contributed by atoms with Crippen molar-refractivity contribution >= 4 is 22.2 Å². The fourth-order valence-electron chi connectivity index (χ4n) is 3.65. The third kappa shape index (κ3) is 2.12. The van der Waals surface area contributed by atoms with Gasteiger partial charge in [0.15, 0.2) is 11.4 Å². The van der Waals surface area contributed by atoms with Crippen LogP contribution >= 0.6 is 0 Å². The number of hydrogen-bond acceptors (Lipinski definition) is 4. The van der Waals surface area contributed by atoms with Gasteiger partial charge < -0.3 is 0 Å². The quantitative estimate of drug-likeness (QED) is 0.796. The van der Waals surface area contributed by atoms with E-state index in [2.05, 4.69) is 10.1 Å². The van der Waals surface area contributed by atoms with Crippen molar-refractivity contribution in [2.45, 2.75) is 42.6 Å². The first-order chi connectivity index (χ1) is 10.2. The summed E-state index contributed by atoms with van der Waals surface area (Å²) < 4.78 is 13.9. The van der Waals surface area contributed by atoms with E-state index in [1.807, 2.05) is 12.1 Å². The molecule has 2 unspecified atom stereocenters. The van der Waals surface area contributed by atoms with Gasteiger partial charge >= 0.3 is 0 Å². The van der Waals surface area contributed by atoms with Gasteiger partial charge in [-0.05, 0) is 37.8 Å². The van der Waals surface area contributed by atoms with Crippen LogP contribution in [-0.2, 0) is 10.8 Å². The zero-order valence-electron chi connectivity index (χ0n) is 11.6. The van der Waals surface area contributed by atoms with Crippen LogP contribution in [0.25, 0.3) is 5.65 Å². The van der Waals surface area contributed by atoms with E-state index in [4.69, 9.17) is 0 Å². The van der Waals surface area contributed by atoms with E-state index in [0.717, 1.165) is 32.1 Å². The summed E-state index contributed by atoms with van der Waals surface area (Å²) in [4.78, 5) is 17.1. The Bertz CT molecular complexity index is 711. The molecule has 4 rings (SSSR count). The Hall–Kier alpha value is -1.56. The Balaban J connectivity index is 1.65. The molecule has 21 heavy (non-hydrogen) atoms. The predicted molar refractivity (Wildman–Crippen MR) is 79.6 cm³/mol. The molecule has 2 aliphatic heterocycles. The molecule has 2 fully saturated rings. The van der Waals surface area contributed by atoms with E-state index >= 15 is 0 Å². The SMILES string of the molecule is O=C(c1cnc2cccnn12)C1CC2CCCC(C1)S2=O. The number of fused-ring (bicyclic) bond motifs is 3. The number of Topliss-reactive ketones (excluding diaryl/α,β-unsaturated/α-hetero) is 1. The molecular weight excluding hydrogens is 286 g/mol. The van der Waals surface area contributed by atoms with Gasteiger partial charge in [-0.25, -0.2) is 9.50 Å². The van der Waals surface area contributed by atoms with Crippen molar-refractivity contribution in [3.63, 3.8) is 0 Å². The minimum Gasteiger partial charge on any atom is -0.292 e. The molecule has 2 aromatic heterocycles. The van der Waals surface area contributed by atoms with E-state index in [9.17, 15) is 9.00 Å². The first kappa shape index (κ1) is 13.1. The van der Waals surface area contributed by atoms with Crippen LogP contribution in [-0.4, -0.2) is 35.1 Å². The molecule has 6 heteroatoms. The van der Waals surface area contributed by atoms with Gasteiger partial charge in [-0.1, -0.05) is 6.42 Å². The predicted octanol–water partition coefficient (Wildman–Crippen LogP) is 1.99. The molecule has 0 aliphatic carbocycles. The van der Waals surface area contributed by atoms with Crippen LogP contribution < -0.4 is 0 Å². The van der Waals surface area contributed by atoms with Crippen molar-refractivity contribution in [2.24, 2.45) is 5.92 Å². The fourth-order valence-corrected chi connectivity index (χ4v) is 5.84. The summed E-state index contributed by atoms with van der Waals surface area (Å²) in [5, 5.41) is 4.63. The number of imidazole rings is 1. The second-order valence-electron chi connectivity index (χ2n) is 5.97. The molecule has 110 valence electrons. The summed E-state index contributed by atoms with van der Waals surface area (Å²) in [5.41, 5.74) is 1.25. The number of hydrogen-bond donors (Lipinski definition) is 0. The molecule has 2 saturated heterocycles. The zero-order valence-corrected chi connectivity index (χ0v) is 12.5. The van der Waals surface area contributed by atoms with Crippen molar-refractivity contribution in [3.8, 4) is 0 Å². The van der Waals surface area contributed by atoms with Gasteiger partial charge in [-0.3, -0.25) is 9.00 Å². The van der Waals surface area contributed by atoms with Gasteiger partial charge in [0.05, 0.1) is 6.20 Å². The van der Waals surface area contributed by atoms with Crippen LogP contribution in [0.3, 0.4) is 0 Å². The first-order valence-electron chi connectivity index (χ1n) is 7.46. The summed E-state index contributed by atoms with van der Waals surface area (Å²) in [5.74, 6) is 0.0784. The summed E-state index contributed by atoms with van der Waals surface area (Å²) in [6.07, 6.45) is 7.93. The van der Waals surface area contributed by atoms with Crippen LogP contribution in [0.15, 0.2) is 24.5 Å². The summed E-state index contributed by atoms with van der Waals surface area (Å²) in [7, 11) is -0.737. The van der Waals surface area contributed by atoms with E-state index in [0.29, 0.717) is 11.3 Å². The van der Waals surface area contributed by atoms with Gasteiger partial charge in [-0.15, -0.1) is 0 Å². The fraction of sp³-hybridized carbons (Fsp3) is 0.533. The first-order valence-corrected chi connectivity index (χ1v) is 8.74. The summed E-state index contributed by atoms with van der Waals surface area (Å²) in [6.45, 7) is 0. The Kier molecular flexibility index (Phi) is 3.14. The number of aromatic nitrogens is 3. The van der Waals surface area contributed by atoms with E-state index in [1.54, 1.807) is 16.9 Å². The highest BCUT2D eigenvalue weighted by atomic mass is 32.2. The van der Waals surface area contributed by atoms with E-state index in [1.165, 1.54) is 0 Å². The third-order valence-electron chi connectivity index (χ3n) is 4.71. The largest absolute Gasteiger partial charge is 0.292 e.